The van der Waals surface area contributed by atoms with Crippen LogP contribution in [0.5, 0.6) is 5.75 Å². The van der Waals surface area contributed by atoms with E-state index in [2.05, 4.69) is 32.6 Å². The molecule has 1 aliphatic rings. The molecule has 0 bridgehead atoms. The van der Waals surface area contributed by atoms with E-state index < -0.39 is 0 Å². The minimum Gasteiger partial charge on any atom is -0.496 e. The first kappa shape index (κ1) is 14.8. The number of rotatable bonds is 6. The monoisotopic (exact) mass is 328 g/mol. The van der Waals surface area contributed by atoms with Gasteiger partial charge in [-0.15, -0.1) is 0 Å². The molecule has 1 fully saturated rings. The van der Waals surface area contributed by atoms with Gasteiger partial charge in [0.2, 0.25) is 0 Å². The summed E-state index contributed by atoms with van der Waals surface area (Å²) in [6.45, 7) is 4.53. The Labute approximate surface area is 123 Å². The minimum absolute atomic E-state index is 0.290. The number of nitrogens with one attached hydrogen (secondary N) is 2. The fourth-order valence-electron chi connectivity index (χ4n) is 2.18. The first-order valence-corrected chi connectivity index (χ1v) is 7.44. The van der Waals surface area contributed by atoms with Crippen molar-refractivity contribution in [2.45, 2.75) is 12.5 Å². The van der Waals surface area contributed by atoms with Crippen LogP contribution in [-0.4, -0.2) is 46.0 Å². The van der Waals surface area contributed by atoms with Crippen molar-refractivity contribution in [1.29, 1.82) is 0 Å². The van der Waals surface area contributed by atoms with Gasteiger partial charge >= 0.3 is 0 Å². The van der Waals surface area contributed by atoms with E-state index in [-0.39, 0.29) is 6.10 Å². The highest BCUT2D eigenvalue weighted by atomic mass is 79.9. The third kappa shape index (κ3) is 4.76. The Hall–Kier alpha value is -0.620. The summed E-state index contributed by atoms with van der Waals surface area (Å²) in [5.41, 5.74) is 1.21. The van der Waals surface area contributed by atoms with Gasteiger partial charge in [0, 0.05) is 24.1 Å². The zero-order chi connectivity index (χ0) is 13.5. The first-order valence-electron chi connectivity index (χ1n) is 6.65. The molecule has 2 N–H and O–H groups in total. The number of hydrogen-bond acceptors (Lipinski definition) is 4. The number of halogens is 1. The highest BCUT2D eigenvalue weighted by Gasteiger charge is 2.12. The van der Waals surface area contributed by atoms with Crippen molar-refractivity contribution in [3.05, 3.63) is 28.2 Å². The minimum atomic E-state index is 0.290. The molecule has 0 amide bonds. The maximum Gasteiger partial charge on any atom is 0.122 e. The van der Waals surface area contributed by atoms with Crippen molar-refractivity contribution >= 4 is 15.9 Å². The van der Waals surface area contributed by atoms with E-state index in [0.717, 1.165) is 49.4 Å². The lowest BCUT2D eigenvalue weighted by atomic mass is 10.1. The van der Waals surface area contributed by atoms with Crippen LogP contribution in [0.15, 0.2) is 22.7 Å². The van der Waals surface area contributed by atoms with Gasteiger partial charge in [-0.25, -0.2) is 0 Å². The molecule has 1 saturated heterocycles. The van der Waals surface area contributed by atoms with Crippen molar-refractivity contribution < 1.29 is 9.47 Å². The lowest BCUT2D eigenvalue weighted by molar-refractivity contribution is 0.0294. The Morgan fingerprint density at radius 2 is 2.42 bits per heavy atom. The van der Waals surface area contributed by atoms with Crippen LogP contribution in [0, 0.1) is 0 Å². The van der Waals surface area contributed by atoms with Crippen LogP contribution in [0.2, 0.25) is 0 Å². The fourth-order valence-corrected chi connectivity index (χ4v) is 2.59. The van der Waals surface area contributed by atoms with Crippen LogP contribution in [-0.2, 0) is 11.2 Å². The van der Waals surface area contributed by atoms with E-state index in [1.165, 1.54) is 5.56 Å². The summed E-state index contributed by atoms with van der Waals surface area (Å²) in [6, 6.07) is 6.10. The van der Waals surface area contributed by atoms with Gasteiger partial charge in [-0.2, -0.15) is 0 Å². The van der Waals surface area contributed by atoms with Gasteiger partial charge in [-0.1, -0.05) is 15.9 Å². The third-order valence-electron chi connectivity index (χ3n) is 3.19. The molecular formula is C14H21BrN2O2. The van der Waals surface area contributed by atoms with Crippen LogP contribution >= 0.6 is 15.9 Å². The second-order valence-corrected chi connectivity index (χ2v) is 5.52. The molecule has 1 atom stereocenters. The highest BCUT2D eigenvalue weighted by Crippen LogP contribution is 2.23. The summed E-state index contributed by atoms with van der Waals surface area (Å²) in [5, 5.41) is 6.77. The zero-order valence-electron chi connectivity index (χ0n) is 11.2. The molecule has 2 rings (SSSR count). The van der Waals surface area contributed by atoms with Crippen molar-refractivity contribution in [2.24, 2.45) is 0 Å². The fraction of sp³-hybridized carbons (Fsp3) is 0.571. The molecule has 1 aromatic carbocycles. The summed E-state index contributed by atoms with van der Waals surface area (Å²) < 4.78 is 12.1. The van der Waals surface area contributed by atoms with Crippen LogP contribution in [0.4, 0.5) is 0 Å². The van der Waals surface area contributed by atoms with Gasteiger partial charge in [-0.3, -0.25) is 0 Å². The Kier molecular flexibility index (Phi) is 6.10. The van der Waals surface area contributed by atoms with E-state index in [1.807, 2.05) is 12.1 Å². The van der Waals surface area contributed by atoms with Crippen LogP contribution < -0.4 is 15.4 Å². The number of hydrogen-bond donors (Lipinski definition) is 2. The van der Waals surface area contributed by atoms with Crippen LogP contribution in [0.1, 0.15) is 5.56 Å². The number of morpholine rings is 1. The summed E-state index contributed by atoms with van der Waals surface area (Å²) in [7, 11) is 1.71. The Morgan fingerprint density at radius 1 is 1.53 bits per heavy atom. The summed E-state index contributed by atoms with van der Waals surface area (Å²) in [5.74, 6) is 0.945. The second kappa shape index (κ2) is 7.85. The van der Waals surface area contributed by atoms with Crippen LogP contribution in [0.25, 0.3) is 0 Å². The maximum absolute atomic E-state index is 5.64. The molecule has 5 heteroatoms. The summed E-state index contributed by atoms with van der Waals surface area (Å²) in [6.07, 6.45) is 1.24. The van der Waals surface area contributed by atoms with Crippen LogP contribution in [0.3, 0.4) is 0 Å². The highest BCUT2D eigenvalue weighted by molar-refractivity contribution is 9.10. The molecular weight excluding hydrogens is 308 g/mol. The smallest absolute Gasteiger partial charge is 0.122 e. The van der Waals surface area contributed by atoms with Crippen molar-refractivity contribution in [3.63, 3.8) is 0 Å². The van der Waals surface area contributed by atoms with Gasteiger partial charge in [0.05, 0.1) is 19.8 Å². The third-order valence-corrected chi connectivity index (χ3v) is 3.68. The molecule has 1 aromatic rings. The summed E-state index contributed by atoms with van der Waals surface area (Å²) >= 11 is 3.49. The van der Waals surface area contributed by atoms with Gasteiger partial charge < -0.3 is 20.1 Å². The Balaban J connectivity index is 1.74. The molecule has 0 aromatic heterocycles. The molecule has 0 radical (unpaired) electrons. The first-order chi connectivity index (χ1) is 9.29. The van der Waals surface area contributed by atoms with Crippen molar-refractivity contribution in [3.8, 4) is 5.75 Å². The molecule has 0 aliphatic carbocycles. The zero-order valence-corrected chi connectivity index (χ0v) is 12.8. The molecule has 1 aliphatic heterocycles. The number of methoxy groups -OCH3 is 1. The van der Waals surface area contributed by atoms with Gasteiger partial charge in [0.25, 0.3) is 0 Å². The molecule has 0 spiro atoms. The molecule has 1 heterocycles. The van der Waals surface area contributed by atoms with E-state index in [1.54, 1.807) is 7.11 Å². The molecule has 19 heavy (non-hydrogen) atoms. The lowest BCUT2D eigenvalue weighted by Crippen LogP contribution is -2.44. The molecule has 4 nitrogen and oxygen atoms in total. The average Bonchev–Trinajstić information content (AvgIpc) is 2.45. The quantitative estimate of drug-likeness (QED) is 0.778. The number of benzene rings is 1. The molecule has 1 unspecified atom stereocenters. The topological polar surface area (TPSA) is 42.5 Å². The predicted octanol–water partition coefficient (Wildman–Crippen LogP) is 1.58. The van der Waals surface area contributed by atoms with E-state index >= 15 is 0 Å². The maximum atomic E-state index is 5.64. The van der Waals surface area contributed by atoms with Gasteiger partial charge in [0.1, 0.15) is 5.75 Å². The SMILES string of the molecule is COc1ccc(Br)cc1CCNCC1CNCCO1. The standard InChI is InChI=1S/C14H21BrN2O2/c1-18-14-3-2-12(15)8-11(14)4-5-16-9-13-10-17-6-7-19-13/h2-3,8,13,16-17H,4-7,9-10H2,1H3. The van der Waals surface area contributed by atoms with Crippen molar-refractivity contribution in [2.75, 3.05) is 39.9 Å². The second-order valence-electron chi connectivity index (χ2n) is 4.61. The summed E-state index contributed by atoms with van der Waals surface area (Å²) in [4.78, 5) is 0. The van der Waals surface area contributed by atoms with Crippen molar-refractivity contribution in [1.82, 2.24) is 10.6 Å². The van der Waals surface area contributed by atoms with Gasteiger partial charge in [0.15, 0.2) is 0 Å². The van der Waals surface area contributed by atoms with E-state index in [9.17, 15) is 0 Å². The van der Waals surface area contributed by atoms with E-state index in [0.29, 0.717) is 0 Å². The molecule has 106 valence electrons. The largest absolute Gasteiger partial charge is 0.496 e. The van der Waals surface area contributed by atoms with E-state index in [4.69, 9.17) is 9.47 Å². The van der Waals surface area contributed by atoms with Gasteiger partial charge in [-0.05, 0) is 36.7 Å². The predicted molar refractivity (Wildman–Crippen MR) is 79.9 cm³/mol. The Bertz CT molecular complexity index is 395. The Morgan fingerprint density at radius 3 is 3.16 bits per heavy atom. The number of ether oxygens (including phenoxy) is 2. The average molecular weight is 329 g/mol. The normalized spacial score (nSPS) is 19.4. The lowest BCUT2D eigenvalue weighted by Gasteiger charge is -2.23. The molecule has 0 saturated carbocycles.